The monoisotopic (exact) mass is 380 g/mol. The first-order chi connectivity index (χ1) is 13.5. The van der Waals surface area contributed by atoms with Crippen LogP contribution < -0.4 is 15.0 Å². The smallest absolute Gasteiger partial charge is 0.231 e. The van der Waals surface area contributed by atoms with Crippen molar-refractivity contribution in [3.8, 4) is 5.75 Å². The number of rotatable bonds is 4. The number of likely N-dealkylation sites (N-methyl/N-ethyl adjacent to an activating group) is 1. The van der Waals surface area contributed by atoms with Gasteiger partial charge in [0.2, 0.25) is 5.91 Å². The Kier molecular flexibility index (Phi) is 5.22. The number of anilines is 2. The van der Waals surface area contributed by atoms with E-state index in [1.54, 1.807) is 7.11 Å². The van der Waals surface area contributed by atoms with E-state index in [9.17, 15) is 4.79 Å². The van der Waals surface area contributed by atoms with Crippen LogP contribution in [0.15, 0.2) is 30.3 Å². The van der Waals surface area contributed by atoms with Crippen molar-refractivity contribution < 1.29 is 9.53 Å². The number of aromatic nitrogens is 1. The molecule has 0 spiro atoms. The van der Waals surface area contributed by atoms with Gasteiger partial charge in [0.15, 0.2) is 0 Å². The van der Waals surface area contributed by atoms with Gasteiger partial charge in [0.05, 0.1) is 24.4 Å². The van der Waals surface area contributed by atoms with Gasteiger partial charge in [-0.15, -0.1) is 0 Å². The van der Waals surface area contributed by atoms with Crippen molar-refractivity contribution in [3.63, 3.8) is 0 Å². The van der Waals surface area contributed by atoms with Gasteiger partial charge in [-0.25, -0.2) is 4.98 Å². The summed E-state index contributed by atoms with van der Waals surface area (Å²) >= 11 is 0. The number of pyridine rings is 1. The van der Waals surface area contributed by atoms with Gasteiger partial charge in [0.1, 0.15) is 11.6 Å². The van der Waals surface area contributed by atoms with Gasteiger partial charge in [-0.1, -0.05) is 6.07 Å². The lowest BCUT2D eigenvalue weighted by Crippen LogP contribution is -2.44. The zero-order chi connectivity index (χ0) is 19.7. The summed E-state index contributed by atoms with van der Waals surface area (Å²) in [6, 6.07) is 10.0. The van der Waals surface area contributed by atoms with Crippen molar-refractivity contribution in [1.82, 2.24) is 9.88 Å². The number of nitrogens with one attached hydrogen (secondary N) is 1. The predicted octanol–water partition coefficient (Wildman–Crippen LogP) is 2.82. The number of carbonyl (C=O) groups excluding carboxylic acids is 1. The van der Waals surface area contributed by atoms with Crippen molar-refractivity contribution in [1.29, 1.82) is 0 Å². The zero-order valence-electron chi connectivity index (χ0n) is 16.9. The van der Waals surface area contributed by atoms with Crippen molar-refractivity contribution in [2.24, 2.45) is 0 Å². The minimum Gasteiger partial charge on any atom is -0.497 e. The molecule has 4 rings (SSSR count). The fourth-order valence-electron chi connectivity index (χ4n) is 4.09. The number of methoxy groups -OCH3 is 1. The highest BCUT2D eigenvalue weighted by Crippen LogP contribution is 2.36. The third kappa shape index (κ3) is 3.69. The van der Waals surface area contributed by atoms with Gasteiger partial charge in [0.25, 0.3) is 0 Å². The molecule has 1 unspecified atom stereocenters. The molecule has 1 aromatic heterocycles. The van der Waals surface area contributed by atoms with Crippen LogP contribution in [0.1, 0.15) is 29.2 Å². The summed E-state index contributed by atoms with van der Waals surface area (Å²) in [4.78, 5) is 22.3. The van der Waals surface area contributed by atoms with Crippen LogP contribution in [-0.4, -0.2) is 56.1 Å². The molecule has 0 bridgehead atoms. The highest BCUT2D eigenvalue weighted by atomic mass is 16.5. The number of ether oxygens (including phenoxy) is 1. The maximum absolute atomic E-state index is 13.0. The molecule has 28 heavy (non-hydrogen) atoms. The first-order valence-electron chi connectivity index (χ1n) is 9.94. The van der Waals surface area contributed by atoms with Crippen molar-refractivity contribution >= 4 is 17.4 Å². The first kappa shape index (κ1) is 18.7. The third-order valence-corrected chi connectivity index (χ3v) is 5.90. The number of aryl methyl sites for hydroxylation is 2. The van der Waals surface area contributed by atoms with E-state index in [2.05, 4.69) is 28.2 Å². The predicted molar refractivity (Wildman–Crippen MR) is 111 cm³/mol. The molecule has 1 aliphatic carbocycles. The second-order valence-electron chi connectivity index (χ2n) is 7.74. The molecule has 1 saturated heterocycles. The molecule has 6 nitrogen and oxygen atoms in total. The van der Waals surface area contributed by atoms with Gasteiger partial charge >= 0.3 is 0 Å². The Balaban J connectivity index is 1.47. The Morgan fingerprint density at radius 2 is 1.96 bits per heavy atom. The lowest BCUT2D eigenvalue weighted by Gasteiger charge is -2.33. The number of benzene rings is 1. The van der Waals surface area contributed by atoms with Gasteiger partial charge in [-0.3, -0.25) is 4.79 Å². The lowest BCUT2D eigenvalue weighted by molar-refractivity contribution is -0.117. The fourth-order valence-corrected chi connectivity index (χ4v) is 4.09. The highest BCUT2D eigenvalue weighted by Gasteiger charge is 2.29. The molecule has 1 aromatic carbocycles. The summed E-state index contributed by atoms with van der Waals surface area (Å²) in [7, 11) is 3.80. The first-order valence-corrected chi connectivity index (χ1v) is 9.94. The molecule has 1 N–H and O–H groups in total. The van der Waals surface area contributed by atoms with Crippen molar-refractivity contribution in [3.05, 3.63) is 47.2 Å². The minimum atomic E-state index is -0.137. The number of piperazine rings is 1. The van der Waals surface area contributed by atoms with Crippen molar-refractivity contribution in [2.75, 3.05) is 50.6 Å². The standard InChI is InChI=1S/C22H28N4O2/c1-15-20(8-9-21(23-15)26-12-10-25(2)11-13-26)24-22(27)18-7-5-16-4-6-17(28-3)14-19(16)18/h4,6,8-9,14,18H,5,7,10-13H2,1-3H3,(H,24,27). The Labute approximate surface area is 166 Å². The van der Waals surface area contributed by atoms with E-state index in [0.29, 0.717) is 0 Å². The topological polar surface area (TPSA) is 57.7 Å². The summed E-state index contributed by atoms with van der Waals surface area (Å²) in [6.07, 6.45) is 1.76. The van der Waals surface area contributed by atoms with Gasteiger partial charge in [-0.2, -0.15) is 0 Å². The molecule has 0 radical (unpaired) electrons. The van der Waals surface area contributed by atoms with E-state index in [1.165, 1.54) is 5.56 Å². The van der Waals surface area contributed by atoms with Gasteiger partial charge < -0.3 is 19.9 Å². The van der Waals surface area contributed by atoms with Crippen LogP contribution in [0, 0.1) is 6.92 Å². The van der Waals surface area contributed by atoms with Crippen molar-refractivity contribution in [2.45, 2.75) is 25.7 Å². The largest absolute Gasteiger partial charge is 0.497 e. The number of nitrogens with zero attached hydrogens (tertiary/aromatic N) is 3. The average Bonchev–Trinajstić information content (AvgIpc) is 3.13. The Hall–Kier alpha value is -2.60. The molecule has 1 aliphatic heterocycles. The number of hydrogen-bond donors (Lipinski definition) is 1. The fraction of sp³-hybridized carbons (Fsp3) is 0.455. The Morgan fingerprint density at radius 3 is 2.68 bits per heavy atom. The van der Waals surface area contributed by atoms with E-state index in [1.807, 2.05) is 31.2 Å². The summed E-state index contributed by atoms with van der Waals surface area (Å²) in [6.45, 7) is 6.01. The van der Waals surface area contributed by atoms with E-state index >= 15 is 0 Å². The minimum absolute atomic E-state index is 0.0317. The van der Waals surface area contributed by atoms with Crippen LogP contribution in [0.5, 0.6) is 5.75 Å². The molecule has 2 aliphatic rings. The molecule has 2 aromatic rings. The molecule has 1 amide bonds. The number of carbonyl (C=O) groups is 1. The second-order valence-corrected chi connectivity index (χ2v) is 7.74. The van der Waals surface area contributed by atoms with E-state index in [0.717, 1.165) is 67.5 Å². The third-order valence-electron chi connectivity index (χ3n) is 5.90. The SMILES string of the molecule is COc1ccc2c(c1)C(C(=O)Nc1ccc(N3CCN(C)CC3)nc1C)CC2. The molecule has 1 atom stereocenters. The summed E-state index contributed by atoms with van der Waals surface area (Å²) in [5, 5.41) is 3.10. The van der Waals surface area contributed by atoms with Gasteiger partial charge in [0, 0.05) is 26.2 Å². The zero-order valence-corrected chi connectivity index (χ0v) is 16.9. The van der Waals surface area contributed by atoms with Crippen LogP contribution in [0.25, 0.3) is 0 Å². The summed E-state index contributed by atoms with van der Waals surface area (Å²) in [5.74, 6) is 1.68. The normalized spacial score (nSPS) is 19.4. The maximum atomic E-state index is 13.0. The Bertz CT molecular complexity index is 875. The molecule has 148 valence electrons. The molecule has 1 fully saturated rings. The second kappa shape index (κ2) is 7.80. The van der Waals surface area contributed by atoms with Crippen LogP contribution in [0.4, 0.5) is 11.5 Å². The quantitative estimate of drug-likeness (QED) is 0.884. The highest BCUT2D eigenvalue weighted by molar-refractivity contribution is 5.97. The Morgan fingerprint density at radius 1 is 1.18 bits per heavy atom. The molecule has 2 heterocycles. The van der Waals surface area contributed by atoms with Crippen LogP contribution in [0.3, 0.4) is 0 Å². The lowest BCUT2D eigenvalue weighted by atomic mass is 10.00. The van der Waals surface area contributed by atoms with E-state index < -0.39 is 0 Å². The molecule has 6 heteroatoms. The van der Waals surface area contributed by atoms with Gasteiger partial charge in [-0.05, 0) is 62.2 Å². The van der Waals surface area contributed by atoms with Crippen LogP contribution in [0.2, 0.25) is 0 Å². The number of hydrogen-bond acceptors (Lipinski definition) is 5. The molecular weight excluding hydrogens is 352 g/mol. The molecular formula is C22H28N4O2. The number of amides is 1. The molecule has 0 saturated carbocycles. The average molecular weight is 380 g/mol. The van der Waals surface area contributed by atoms with E-state index in [4.69, 9.17) is 9.72 Å². The van der Waals surface area contributed by atoms with Crippen LogP contribution in [-0.2, 0) is 11.2 Å². The van der Waals surface area contributed by atoms with Crippen LogP contribution >= 0.6 is 0 Å². The summed E-state index contributed by atoms with van der Waals surface area (Å²) < 4.78 is 5.33. The summed E-state index contributed by atoms with van der Waals surface area (Å²) in [5.41, 5.74) is 3.96. The van der Waals surface area contributed by atoms with E-state index in [-0.39, 0.29) is 11.8 Å². The number of fused-ring (bicyclic) bond motifs is 1. The maximum Gasteiger partial charge on any atom is 0.231 e.